The Hall–Kier alpha value is -0.770. The summed E-state index contributed by atoms with van der Waals surface area (Å²) in [7, 11) is 0. The van der Waals surface area contributed by atoms with Crippen molar-refractivity contribution in [3.8, 4) is 0 Å². The van der Waals surface area contributed by atoms with Crippen molar-refractivity contribution in [2.75, 3.05) is 6.61 Å². The second kappa shape index (κ2) is 4.30. The lowest BCUT2D eigenvalue weighted by molar-refractivity contribution is -0.0121. The fraction of sp³-hybridized carbons (Fsp3) is 0.875. The van der Waals surface area contributed by atoms with Gasteiger partial charge in [-0.1, -0.05) is 20.8 Å². The first-order valence-corrected chi connectivity index (χ1v) is 3.97. The zero-order chi connectivity index (χ0) is 9.78. The average Bonchev–Trinajstić information content (AvgIpc) is 1.85. The lowest BCUT2D eigenvalue weighted by Gasteiger charge is -2.25. The Labute approximate surface area is 73.0 Å². The van der Waals surface area contributed by atoms with E-state index in [1.807, 2.05) is 20.8 Å². The molecule has 1 atom stereocenters. The molecule has 0 amide bonds. The minimum atomic E-state index is -0.708. The fourth-order valence-corrected chi connectivity index (χ4v) is 0.432. The van der Waals surface area contributed by atoms with Crippen LogP contribution in [0.15, 0.2) is 0 Å². The molecule has 72 valence electrons. The van der Waals surface area contributed by atoms with Crippen LogP contribution in [0.25, 0.3) is 0 Å². The molecule has 0 heterocycles. The van der Waals surface area contributed by atoms with Gasteiger partial charge in [-0.25, -0.2) is 4.79 Å². The molecule has 0 spiro atoms. The zero-order valence-electron chi connectivity index (χ0n) is 8.09. The van der Waals surface area contributed by atoms with Crippen LogP contribution in [0.4, 0.5) is 4.79 Å². The van der Waals surface area contributed by atoms with Gasteiger partial charge in [0.2, 0.25) is 0 Å². The summed E-state index contributed by atoms with van der Waals surface area (Å²) in [5.74, 6) is 0. The van der Waals surface area contributed by atoms with Crippen LogP contribution >= 0.6 is 0 Å². The van der Waals surface area contributed by atoms with E-state index < -0.39 is 12.4 Å². The predicted octanol–water partition coefficient (Wildman–Crippen LogP) is 1.49. The summed E-state index contributed by atoms with van der Waals surface area (Å²) in [4.78, 5) is 10.8. The predicted molar refractivity (Wildman–Crippen MR) is 45.5 cm³/mol. The van der Waals surface area contributed by atoms with Crippen molar-refractivity contribution in [3.05, 3.63) is 0 Å². The van der Waals surface area contributed by atoms with Crippen LogP contribution < -0.4 is 5.73 Å². The molecular weight excluding hydrogens is 158 g/mol. The van der Waals surface area contributed by atoms with Crippen LogP contribution in [0.2, 0.25) is 0 Å². The Morgan fingerprint density at radius 1 is 1.50 bits per heavy atom. The number of ether oxygens (including phenoxy) is 2. The Morgan fingerprint density at radius 2 is 2.00 bits per heavy atom. The second-order valence-electron chi connectivity index (χ2n) is 3.59. The SMILES string of the molecule is CCOC(=O)OC(N)C(C)(C)C. The molecule has 0 aliphatic heterocycles. The molecule has 1 unspecified atom stereocenters. The van der Waals surface area contributed by atoms with E-state index in [2.05, 4.69) is 4.74 Å². The molecule has 0 radical (unpaired) electrons. The number of nitrogens with two attached hydrogens (primary N) is 1. The smallest absolute Gasteiger partial charge is 0.435 e. The zero-order valence-corrected chi connectivity index (χ0v) is 8.09. The van der Waals surface area contributed by atoms with E-state index in [1.54, 1.807) is 6.92 Å². The van der Waals surface area contributed by atoms with E-state index in [-0.39, 0.29) is 5.41 Å². The molecule has 0 bridgehead atoms. The molecule has 4 heteroatoms. The third-order valence-electron chi connectivity index (χ3n) is 1.34. The van der Waals surface area contributed by atoms with E-state index in [4.69, 9.17) is 10.5 Å². The summed E-state index contributed by atoms with van der Waals surface area (Å²) < 4.78 is 9.34. The van der Waals surface area contributed by atoms with Crippen LogP contribution in [-0.2, 0) is 9.47 Å². The Balaban J connectivity index is 3.84. The third-order valence-corrected chi connectivity index (χ3v) is 1.34. The van der Waals surface area contributed by atoms with E-state index >= 15 is 0 Å². The Morgan fingerprint density at radius 3 is 2.33 bits per heavy atom. The van der Waals surface area contributed by atoms with Gasteiger partial charge in [0.1, 0.15) is 0 Å². The van der Waals surface area contributed by atoms with E-state index in [1.165, 1.54) is 0 Å². The number of carbonyl (C=O) groups is 1. The molecule has 2 N–H and O–H groups in total. The number of hydrogen-bond acceptors (Lipinski definition) is 4. The van der Waals surface area contributed by atoms with Crippen LogP contribution in [0.5, 0.6) is 0 Å². The van der Waals surface area contributed by atoms with Gasteiger partial charge in [-0.3, -0.25) is 5.73 Å². The first-order valence-electron chi connectivity index (χ1n) is 3.97. The first kappa shape index (κ1) is 11.2. The highest BCUT2D eigenvalue weighted by molar-refractivity contribution is 5.60. The minimum Gasteiger partial charge on any atom is -0.435 e. The van der Waals surface area contributed by atoms with Crippen molar-refractivity contribution in [2.45, 2.75) is 33.9 Å². The van der Waals surface area contributed by atoms with Crippen molar-refractivity contribution in [3.63, 3.8) is 0 Å². The van der Waals surface area contributed by atoms with Gasteiger partial charge in [0.25, 0.3) is 0 Å². The molecule has 0 aromatic heterocycles. The van der Waals surface area contributed by atoms with Crippen molar-refractivity contribution >= 4 is 6.16 Å². The van der Waals surface area contributed by atoms with Gasteiger partial charge in [0, 0.05) is 5.41 Å². The maximum absolute atomic E-state index is 10.8. The lowest BCUT2D eigenvalue weighted by Crippen LogP contribution is -2.39. The van der Waals surface area contributed by atoms with Crippen LogP contribution in [0, 0.1) is 5.41 Å². The largest absolute Gasteiger partial charge is 0.509 e. The van der Waals surface area contributed by atoms with Crippen LogP contribution in [0.1, 0.15) is 27.7 Å². The normalized spacial score (nSPS) is 13.8. The van der Waals surface area contributed by atoms with Gasteiger partial charge in [0.05, 0.1) is 6.61 Å². The van der Waals surface area contributed by atoms with Gasteiger partial charge in [-0.2, -0.15) is 0 Å². The van der Waals surface area contributed by atoms with Crippen molar-refractivity contribution in [2.24, 2.45) is 11.1 Å². The summed E-state index contributed by atoms with van der Waals surface area (Å²) in [6, 6.07) is 0. The van der Waals surface area contributed by atoms with Gasteiger partial charge in [-0.15, -0.1) is 0 Å². The van der Waals surface area contributed by atoms with Crippen molar-refractivity contribution in [1.29, 1.82) is 0 Å². The summed E-state index contributed by atoms with van der Waals surface area (Å²) in [5, 5.41) is 0. The fourth-order valence-electron chi connectivity index (χ4n) is 0.432. The van der Waals surface area contributed by atoms with Gasteiger partial charge in [-0.05, 0) is 6.92 Å². The van der Waals surface area contributed by atoms with Crippen LogP contribution in [-0.4, -0.2) is 19.0 Å². The topological polar surface area (TPSA) is 61.5 Å². The Kier molecular flexibility index (Phi) is 4.03. The summed E-state index contributed by atoms with van der Waals surface area (Å²) in [6.45, 7) is 7.67. The van der Waals surface area contributed by atoms with Crippen molar-refractivity contribution in [1.82, 2.24) is 0 Å². The molecule has 0 aromatic rings. The lowest BCUT2D eigenvalue weighted by atomic mass is 9.95. The highest BCUT2D eigenvalue weighted by Crippen LogP contribution is 2.18. The maximum atomic E-state index is 10.8. The highest BCUT2D eigenvalue weighted by Gasteiger charge is 2.24. The quantitative estimate of drug-likeness (QED) is 0.510. The second-order valence-corrected chi connectivity index (χ2v) is 3.59. The van der Waals surface area contributed by atoms with Gasteiger partial charge < -0.3 is 9.47 Å². The number of hydrogen-bond donors (Lipinski definition) is 1. The van der Waals surface area contributed by atoms with E-state index in [0.29, 0.717) is 6.61 Å². The molecule has 0 saturated carbocycles. The molecule has 0 fully saturated rings. The summed E-state index contributed by atoms with van der Waals surface area (Å²) in [5.41, 5.74) is 5.30. The van der Waals surface area contributed by atoms with E-state index in [0.717, 1.165) is 0 Å². The number of rotatable bonds is 2. The summed E-state index contributed by atoms with van der Waals surface area (Å²) >= 11 is 0. The molecule has 0 aliphatic carbocycles. The summed E-state index contributed by atoms with van der Waals surface area (Å²) in [6.07, 6.45) is -1.34. The molecule has 0 rings (SSSR count). The average molecular weight is 175 g/mol. The van der Waals surface area contributed by atoms with Gasteiger partial charge in [0.15, 0.2) is 6.23 Å². The highest BCUT2D eigenvalue weighted by atomic mass is 16.7. The monoisotopic (exact) mass is 175 g/mol. The molecule has 0 aliphatic rings. The van der Waals surface area contributed by atoms with E-state index in [9.17, 15) is 4.79 Å². The molecule has 12 heavy (non-hydrogen) atoms. The standard InChI is InChI=1S/C8H17NO3/c1-5-11-7(10)12-6(9)8(2,3)4/h6H,5,9H2,1-4H3. The minimum absolute atomic E-state index is 0.257. The Bertz CT molecular complexity index is 151. The van der Waals surface area contributed by atoms with Crippen LogP contribution in [0.3, 0.4) is 0 Å². The molecule has 0 saturated heterocycles. The molecule has 4 nitrogen and oxygen atoms in total. The maximum Gasteiger partial charge on any atom is 0.509 e. The molecular formula is C8H17NO3. The van der Waals surface area contributed by atoms with Crippen molar-refractivity contribution < 1.29 is 14.3 Å². The van der Waals surface area contributed by atoms with Gasteiger partial charge >= 0.3 is 6.16 Å². The first-order chi connectivity index (χ1) is 5.38. The third kappa shape index (κ3) is 4.18. The molecule has 0 aromatic carbocycles. The number of carbonyl (C=O) groups excluding carboxylic acids is 1.